The zero-order chi connectivity index (χ0) is 27.8. The summed E-state index contributed by atoms with van der Waals surface area (Å²) >= 11 is 0. The summed E-state index contributed by atoms with van der Waals surface area (Å²) in [5.41, 5.74) is 0.438. The zero-order valence-electron chi connectivity index (χ0n) is 23.2. The van der Waals surface area contributed by atoms with Gasteiger partial charge in [-0.05, 0) is 57.6 Å². The Morgan fingerprint density at radius 3 is 2.46 bits per heavy atom. The number of carbonyl (C=O) groups is 3. The van der Waals surface area contributed by atoms with E-state index in [2.05, 4.69) is 0 Å². The van der Waals surface area contributed by atoms with Crippen molar-refractivity contribution in [1.82, 2.24) is 4.90 Å². The number of amides is 2. The number of rotatable bonds is 7. The van der Waals surface area contributed by atoms with Crippen LogP contribution in [0.5, 0.6) is 0 Å². The largest absolute Gasteiger partial charge is 0.465 e. The molecule has 2 amide bonds. The Morgan fingerprint density at radius 1 is 0.974 bits per heavy atom. The molecule has 39 heavy (non-hydrogen) atoms. The van der Waals surface area contributed by atoms with Crippen LogP contribution in [-0.2, 0) is 23.9 Å². The third-order valence-corrected chi connectivity index (χ3v) is 8.77. The van der Waals surface area contributed by atoms with Crippen molar-refractivity contribution in [3.05, 3.63) is 53.6 Å². The molecule has 2 fully saturated rings. The number of para-hydroxylation sites is 1. The molecule has 0 bridgehead atoms. The van der Waals surface area contributed by atoms with E-state index in [1.54, 1.807) is 9.80 Å². The van der Waals surface area contributed by atoms with Crippen LogP contribution >= 0.6 is 0 Å². The van der Waals surface area contributed by atoms with E-state index in [9.17, 15) is 14.4 Å². The molecule has 1 aromatic carbocycles. The van der Waals surface area contributed by atoms with Gasteiger partial charge >= 0.3 is 5.97 Å². The van der Waals surface area contributed by atoms with E-state index in [4.69, 9.17) is 14.6 Å². The number of likely N-dealkylation sites (tertiary alicyclic amines) is 1. The van der Waals surface area contributed by atoms with Gasteiger partial charge in [0, 0.05) is 25.4 Å². The number of esters is 1. The maximum atomic E-state index is 14.6. The number of carbonyl (C=O) groups excluding carboxylic acids is 3. The van der Waals surface area contributed by atoms with Crippen LogP contribution in [0.2, 0.25) is 0 Å². The van der Waals surface area contributed by atoms with Crippen molar-refractivity contribution in [3.8, 4) is 0 Å². The first-order valence-electron chi connectivity index (χ1n) is 14.3. The fraction of sp³-hybridized carbons (Fsp3) is 0.581. The molecule has 8 heteroatoms. The number of cyclic esters (lactones) is 1. The first-order valence-corrected chi connectivity index (χ1v) is 14.3. The average molecular weight is 537 g/mol. The number of aliphatic hydroxyl groups excluding tert-OH is 1. The topological polar surface area (TPSA) is 96.4 Å². The highest BCUT2D eigenvalue weighted by Gasteiger charge is 2.74. The molecule has 2 saturated heterocycles. The van der Waals surface area contributed by atoms with Gasteiger partial charge < -0.3 is 24.4 Å². The van der Waals surface area contributed by atoms with Crippen LogP contribution in [0.15, 0.2) is 42.5 Å². The Balaban J connectivity index is 1.60. The van der Waals surface area contributed by atoms with Gasteiger partial charge in [-0.1, -0.05) is 55.3 Å². The summed E-state index contributed by atoms with van der Waals surface area (Å²) in [5.74, 6) is -2.60. The second-order valence-electron chi connectivity index (χ2n) is 11.5. The van der Waals surface area contributed by atoms with Crippen molar-refractivity contribution in [2.75, 3.05) is 31.2 Å². The molecule has 1 aromatic rings. The summed E-state index contributed by atoms with van der Waals surface area (Å²) in [6.07, 6.45) is 12.2. The summed E-state index contributed by atoms with van der Waals surface area (Å²) in [5, 5.41) is 9.16. The molecule has 5 atom stereocenters. The molecule has 8 nitrogen and oxygen atoms in total. The first kappa shape index (κ1) is 27.6. The van der Waals surface area contributed by atoms with Crippen molar-refractivity contribution < 1.29 is 29.0 Å². The molecular formula is C31H40N2O6. The molecule has 1 unspecified atom stereocenters. The molecule has 4 aliphatic rings. The minimum Gasteiger partial charge on any atom is -0.465 e. The Morgan fingerprint density at radius 2 is 1.72 bits per heavy atom. The summed E-state index contributed by atoms with van der Waals surface area (Å²) in [6.45, 7) is 6.96. The number of benzene rings is 1. The zero-order valence-corrected chi connectivity index (χ0v) is 23.2. The molecule has 0 aliphatic carbocycles. The van der Waals surface area contributed by atoms with E-state index in [-0.39, 0.29) is 25.0 Å². The van der Waals surface area contributed by atoms with Crippen LogP contribution in [-0.4, -0.2) is 71.3 Å². The van der Waals surface area contributed by atoms with Crippen LogP contribution < -0.4 is 4.90 Å². The van der Waals surface area contributed by atoms with Crippen molar-refractivity contribution in [1.29, 1.82) is 0 Å². The lowest BCUT2D eigenvalue weighted by atomic mass is 9.74. The van der Waals surface area contributed by atoms with Crippen molar-refractivity contribution >= 4 is 23.5 Å². The number of aliphatic hydroxyl groups is 1. The molecule has 1 spiro atoms. The number of ether oxygens (including phenoxy) is 2. The quantitative estimate of drug-likeness (QED) is 0.325. The lowest BCUT2D eigenvalue weighted by Gasteiger charge is -2.38. The van der Waals surface area contributed by atoms with Gasteiger partial charge in [0.15, 0.2) is 0 Å². The van der Waals surface area contributed by atoms with Crippen LogP contribution in [0, 0.1) is 25.7 Å². The Labute approximate surface area is 230 Å². The van der Waals surface area contributed by atoms with Crippen LogP contribution in [0.25, 0.3) is 0 Å². The second kappa shape index (κ2) is 10.9. The smallest absolute Gasteiger partial charge is 0.313 e. The third kappa shape index (κ3) is 4.61. The fourth-order valence-corrected chi connectivity index (χ4v) is 7.05. The lowest BCUT2D eigenvalue weighted by molar-refractivity contribution is -0.158. The van der Waals surface area contributed by atoms with Gasteiger partial charge in [0.25, 0.3) is 5.91 Å². The number of allylic oxidation sites excluding steroid dienone is 1. The van der Waals surface area contributed by atoms with Gasteiger partial charge in [-0.2, -0.15) is 0 Å². The molecule has 1 N–H and O–H groups in total. The monoisotopic (exact) mass is 536 g/mol. The number of nitrogens with zero attached hydrogens (tertiary/aromatic N) is 2. The fourth-order valence-electron chi connectivity index (χ4n) is 7.05. The standard InChI is InChI=1S/C31H40N2O6/c1-21-13-11-14-22(2)25(21)32-18-12-16-31-23(24-29(37)38-20-10-6-7-15-30(24,3)39-31)27(35)33(26(31)28(32)36)17-8-4-5-9-19-34/h7,11-16,23-24,26,34H,4-6,8-10,17-20H2,1-3H3/b15-7-/t23-,24+,26?,30-,31-/m0/s1. The molecule has 0 saturated carbocycles. The SMILES string of the molecule is Cc1cccc(C)c1N1CC=C[C@]23O[C@@]4(C)/C=C\CCCOC(=O)[C@H]4[C@H]2C(=O)N(CCCCCCO)C3C1=O. The average Bonchev–Trinajstić information content (AvgIpc) is 3.24. The van der Waals surface area contributed by atoms with Crippen LogP contribution in [0.3, 0.4) is 0 Å². The summed E-state index contributed by atoms with van der Waals surface area (Å²) < 4.78 is 12.5. The van der Waals surface area contributed by atoms with E-state index in [0.29, 0.717) is 32.4 Å². The lowest BCUT2D eigenvalue weighted by Crippen LogP contribution is -2.56. The number of fused-ring (bicyclic) bond motifs is 2. The highest BCUT2D eigenvalue weighted by molar-refractivity contribution is 6.06. The normalized spacial score (nSPS) is 33.0. The summed E-state index contributed by atoms with van der Waals surface area (Å²) in [4.78, 5) is 45.8. The van der Waals surface area contributed by atoms with Gasteiger partial charge in [-0.15, -0.1) is 0 Å². The van der Waals surface area contributed by atoms with E-state index in [1.165, 1.54) is 0 Å². The minimum atomic E-state index is -1.29. The Bertz CT molecular complexity index is 1170. The number of aryl methyl sites for hydroxylation is 2. The van der Waals surface area contributed by atoms with Crippen LogP contribution in [0.4, 0.5) is 5.69 Å². The molecule has 5 rings (SSSR count). The van der Waals surface area contributed by atoms with Crippen molar-refractivity contribution in [2.24, 2.45) is 11.8 Å². The van der Waals surface area contributed by atoms with Gasteiger partial charge in [0.2, 0.25) is 5.91 Å². The van der Waals surface area contributed by atoms with Gasteiger partial charge in [0.05, 0.1) is 18.1 Å². The van der Waals surface area contributed by atoms with E-state index in [0.717, 1.165) is 36.1 Å². The van der Waals surface area contributed by atoms with Gasteiger partial charge in [-0.3, -0.25) is 14.4 Å². The molecular weight excluding hydrogens is 496 g/mol. The van der Waals surface area contributed by atoms with E-state index < -0.39 is 35.0 Å². The maximum Gasteiger partial charge on any atom is 0.313 e. The second-order valence-corrected chi connectivity index (χ2v) is 11.5. The number of anilines is 1. The molecule has 210 valence electrons. The molecule has 0 aromatic heterocycles. The van der Waals surface area contributed by atoms with Crippen molar-refractivity contribution in [2.45, 2.75) is 76.5 Å². The predicted octanol–water partition coefficient (Wildman–Crippen LogP) is 3.62. The molecule has 4 aliphatic heterocycles. The Hall–Kier alpha value is -2.97. The summed E-state index contributed by atoms with van der Waals surface area (Å²) in [7, 11) is 0. The minimum absolute atomic E-state index is 0.133. The highest BCUT2D eigenvalue weighted by atomic mass is 16.6. The predicted molar refractivity (Wildman–Crippen MR) is 147 cm³/mol. The number of unbranched alkanes of at least 4 members (excludes halogenated alkanes) is 3. The first-order chi connectivity index (χ1) is 18.7. The van der Waals surface area contributed by atoms with Crippen LogP contribution in [0.1, 0.15) is 56.6 Å². The van der Waals surface area contributed by atoms with Crippen molar-refractivity contribution in [3.63, 3.8) is 0 Å². The molecule has 4 heterocycles. The van der Waals surface area contributed by atoms with E-state index >= 15 is 0 Å². The maximum absolute atomic E-state index is 14.6. The highest BCUT2D eigenvalue weighted by Crippen LogP contribution is 2.57. The van der Waals surface area contributed by atoms with Gasteiger partial charge in [0.1, 0.15) is 17.6 Å². The number of hydrogen-bond acceptors (Lipinski definition) is 6. The summed E-state index contributed by atoms with van der Waals surface area (Å²) in [6, 6.07) is 5.04. The molecule has 0 radical (unpaired) electrons. The van der Waals surface area contributed by atoms with Gasteiger partial charge in [-0.25, -0.2) is 0 Å². The van der Waals surface area contributed by atoms with E-state index in [1.807, 2.05) is 63.3 Å². The Kier molecular flexibility index (Phi) is 7.71. The third-order valence-electron chi connectivity index (χ3n) is 8.77. The number of hydrogen-bond donors (Lipinski definition) is 1.